The number of nitrogens with zero attached hydrogens (tertiary/aromatic N) is 2. The highest BCUT2D eigenvalue weighted by Gasteiger charge is 2.40. The Morgan fingerprint density at radius 2 is 2.43 bits per heavy atom. The lowest BCUT2D eigenvalue weighted by atomic mass is 9.92. The zero-order valence-corrected chi connectivity index (χ0v) is 13.0. The molecular weight excluding hydrogens is 284 g/mol. The Hall–Kier alpha value is -1.17. The summed E-state index contributed by atoms with van der Waals surface area (Å²) in [6, 6.07) is 2.04. The van der Waals surface area contributed by atoms with Crippen LogP contribution in [0.2, 0.25) is 0 Å². The van der Waals surface area contributed by atoms with Crippen LogP contribution in [0.1, 0.15) is 35.2 Å². The van der Waals surface area contributed by atoms with E-state index in [1.807, 2.05) is 12.3 Å². The number of fused-ring (bicyclic) bond motifs is 1. The number of thiazole rings is 1. The first-order valence-electron chi connectivity index (χ1n) is 7.59. The fraction of sp³-hybridized carbons (Fsp3) is 0.562. The molecule has 0 bridgehead atoms. The Kier molecular flexibility index (Phi) is 3.57. The van der Waals surface area contributed by atoms with Crippen molar-refractivity contribution in [1.82, 2.24) is 9.88 Å². The van der Waals surface area contributed by atoms with Gasteiger partial charge in [0.05, 0.1) is 18.6 Å². The van der Waals surface area contributed by atoms with Crippen molar-refractivity contribution in [2.45, 2.75) is 38.5 Å². The van der Waals surface area contributed by atoms with Crippen molar-refractivity contribution in [2.24, 2.45) is 5.92 Å². The standard InChI is InChI=1S/C16H20N2O2S/c1-11-10-21-16(17-11)14-6-13-2-4-18(8-15(13)20-14)7-12-3-5-19-9-12/h3,5,9-10,13-15H,2,4,6-8H2,1H3/t13-,14-,15+/m1/s1. The highest BCUT2D eigenvalue weighted by Crippen LogP contribution is 2.41. The molecule has 0 aromatic carbocycles. The minimum Gasteiger partial charge on any atom is -0.472 e. The molecule has 0 amide bonds. The number of hydrogen-bond acceptors (Lipinski definition) is 5. The van der Waals surface area contributed by atoms with Crippen LogP contribution in [0.5, 0.6) is 0 Å². The quantitative estimate of drug-likeness (QED) is 0.871. The molecule has 0 unspecified atom stereocenters. The molecule has 2 aliphatic rings. The molecule has 4 nitrogen and oxygen atoms in total. The smallest absolute Gasteiger partial charge is 0.122 e. The van der Waals surface area contributed by atoms with Gasteiger partial charge in [-0.25, -0.2) is 4.98 Å². The highest BCUT2D eigenvalue weighted by atomic mass is 32.1. The van der Waals surface area contributed by atoms with Gasteiger partial charge in [0.15, 0.2) is 0 Å². The molecule has 5 heteroatoms. The van der Waals surface area contributed by atoms with Gasteiger partial charge in [0.1, 0.15) is 11.1 Å². The molecule has 112 valence electrons. The Morgan fingerprint density at radius 1 is 1.48 bits per heavy atom. The fourth-order valence-electron chi connectivity index (χ4n) is 3.46. The fourth-order valence-corrected chi connectivity index (χ4v) is 4.30. The second-order valence-corrected chi connectivity index (χ2v) is 7.03. The van der Waals surface area contributed by atoms with Crippen molar-refractivity contribution >= 4 is 11.3 Å². The van der Waals surface area contributed by atoms with Crippen LogP contribution in [-0.2, 0) is 11.3 Å². The number of rotatable bonds is 3. The van der Waals surface area contributed by atoms with Crippen LogP contribution >= 0.6 is 11.3 Å². The van der Waals surface area contributed by atoms with Crippen LogP contribution in [0.15, 0.2) is 28.4 Å². The summed E-state index contributed by atoms with van der Waals surface area (Å²) < 4.78 is 11.5. The van der Waals surface area contributed by atoms with E-state index in [0.717, 1.165) is 36.8 Å². The zero-order chi connectivity index (χ0) is 14.2. The van der Waals surface area contributed by atoms with E-state index in [1.165, 1.54) is 12.0 Å². The van der Waals surface area contributed by atoms with Crippen LogP contribution in [0.4, 0.5) is 0 Å². The van der Waals surface area contributed by atoms with E-state index in [9.17, 15) is 0 Å². The van der Waals surface area contributed by atoms with Gasteiger partial charge in [-0.05, 0) is 38.3 Å². The first kappa shape index (κ1) is 13.5. The maximum absolute atomic E-state index is 6.30. The van der Waals surface area contributed by atoms with Gasteiger partial charge in [0, 0.05) is 29.7 Å². The molecule has 0 spiro atoms. The van der Waals surface area contributed by atoms with Gasteiger partial charge in [-0.2, -0.15) is 0 Å². The molecular formula is C16H20N2O2S. The predicted molar refractivity (Wildman–Crippen MR) is 81.2 cm³/mol. The number of hydrogen-bond donors (Lipinski definition) is 0. The van der Waals surface area contributed by atoms with Crippen molar-refractivity contribution in [2.75, 3.05) is 13.1 Å². The Balaban J connectivity index is 1.40. The summed E-state index contributed by atoms with van der Waals surface area (Å²) in [4.78, 5) is 7.07. The highest BCUT2D eigenvalue weighted by molar-refractivity contribution is 7.09. The third-order valence-electron chi connectivity index (χ3n) is 4.53. The molecule has 2 aliphatic heterocycles. The summed E-state index contributed by atoms with van der Waals surface area (Å²) in [6.07, 6.45) is 6.52. The van der Waals surface area contributed by atoms with Crippen molar-refractivity contribution in [1.29, 1.82) is 0 Å². The first-order chi connectivity index (χ1) is 10.3. The van der Waals surface area contributed by atoms with Gasteiger partial charge in [-0.15, -0.1) is 11.3 Å². The first-order valence-corrected chi connectivity index (χ1v) is 8.47. The third kappa shape index (κ3) is 2.78. The lowest BCUT2D eigenvalue weighted by molar-refractivity contribution is -0.00945. The van der Waals surface area contributed by atoms with E-state index in [2.05, 4.69) is 22.2 Å². The summed E-state index contributed by atoms with van der Waals surface area (Å²) in [6.45, 7) is 5.19. The molecule has 4 heterocycles. The van der Waals surface area contributed by atoms with Crippen LogP contribution in [0.25, 0.3) is 0 Å². The molecule has 2 fully saturated rings. The van der Waals surface area contributed by atoms with E-state index in [4.69, 9.17) is 9.15 Å². The van der Waals surface area contributed by atoms with Crippen LogP contribution < -0.4 is 0 Å². The van der Waals surface area contributed by atoms with E-state index < -0.39 is 0 Å². The van der Waals surface area contributed by atoms with E-state index in [1.54, 1.807) is 17.6 Å². The topological polar surface area (TPSA) is 38.5 Å². The Bertz CT molecular complexity index is 595. The molecule has 21 heavy (non-hydrogen) atoms. The molecule has 0 radical (unpaired) electrons. The van der Waals surface area contributed by atoms with Crippen LogP contribution in [-0.4, -0.2) is 29.1 Å². The lowest BCUT2D eigenvalue weighted by Gasteiger charge is -2.33. The summed E-state index contributed by atoms with van der Waals surface area (Å²) >= 11 is 1.73. The van der Waals surface area contributed by atoms with Crippen molar-refractivity contribution in [3.05, 3.63) is 40.2 Å². The second kappa shape index (κ2) is 5.55. The molecule has 2 saturated heterocycles. The molecule has 2 aromatic heterocycles. The summed E-state index contributed by atoms with van der Waals surface area (Å²) in [5.74, 6) is 0.694. The van der Waals surface area contributed by atoms with Gasteiger partial charge < -0.3 is 9.15 Å². The maximum atomic E-state index is 6.30. The minimum absolute atomic E-state index is 0.215. The Labute approximate surface area is 128 Å². The predicted octanol–water partition coefficient (Wildman–Crippen LogP) is 3.40. The van der Waals surface area contributed by atoms with Crippen LogP contribution in [0.3, 0.4) is 0 Å². The molecule has 0 N–H and O–H groups in total. The lowest BCUT2D eigenvalue weighted by Crippen LogP contribution is -2.41. The summed E-state index contributed by atoms with van der Waals surface area (Å²) in [5.41, 5.74) is 2.36. The molecule has 0 saturated carbocycles. The molecule has 3 atom stereocenters. The van der Waals surface area contributed by atoms with Crippen molar-refractivity contribution in [3.8, 4) is 0 Å². The van der Waals surface area contributed by atoms with Gasteiger partial charge in [-0.3, -0.25) is 4.90 Å². The monoisotopic (exact) mass is 304 g/mol. The molecule has 4 rings (SSSR count). The third-order valence-corrected chi connectivity index (χ3v) is 5.59. The Morgan fingerprint density at radius 3 is 3.19 bits per heavy atom. The number of likely N-dealkylation sites (tertiary alicyclic amines) is 1. The average molecular weight is 304 g/mol. The van der Waals surface area contributed by atoms with Gasteiger partial charge in [0.2, 0.25) is 0 Å². The number of aromatic nitrogens is 1. The van der Waals surface area contributed by atoms with Crippen molar-refractivity contribution in [3.63, 3.8) is 0 Å². The van der Waals surface area contributed by atoms with E-state index in [0.29, 0.717) is 12.0 Å². The minimum atomic E-state index is 0.215. The number of furan rings is 1. The van der Waals surface area contributed by atoms with E-state index in [-0.39, 0.29) is 6.10 Å². The number of aryl methyl sites for hydroxylation is 1. The average Bonchev–Trinajstić information content (AvgIpc) is 3.18. The van der Waals surface area contributed by atoms with Gasteiger partial charge in [-0.1, -0.05) is 0 Å². The second-order valence-electron chi connectivity index (χ2n) is 6.14. The molecule has 2 aromatic rings. The SMILES string of the molecule is Cc1csc([C@H]2C[C@H]3CCN(Cc4ccoc4)C[C@@H]3O2)n1. The van der Waals surface area contributed by atoms with Gasteiger partial charge >= 0.3 is 0 Å². The van der Waals surface area contributed by atoms with Crippen LogP contribution in [0, 0.1) is 12.8 Å². The van der Waals surface area contributed by atoms with Crippen molar-refractivity contribution < 1.29 is 9.15 Å². The largest absolute Gasteiger partial charge is 0.472 e. The number of ether oxygens (including phenoxy) is 1. The zero-order valence-electron chi connectivity index (χ0n) is 12.2. The van der Waals surface area contributed by atoms with E-state index >= 15 is 0 Å². The summed E-state index contributed by atoms with van der Waals surface area (Å²) in [5, 5.41) is 3.27. The maximum Gasteiger partial charge on any atom is 0.122 e. The molecule has 0 aliphatic carbocycles. The number of piperidine rings is 1. The summed E-state index contributed by atoms with van der Waals surface area (Å²) in [7, 11) is 0. The normalized spacial score (nSPS) is 29.7. The van der Waals surface area contributed by atoms with Gasteiger partial charge in [0.25, 0.3) is 0 Å².